The summed E-state index contributed by atoms with van der Waals surface area (Å²) in [4.78, 5) is 11.8. The van der Waals surface area contributed by atoms with Crippen LogP contribution in [0.1, 0.15) is 51.3 Å². The summed E-state index contributed by atoms with van der Waals surface area (Å²) in [5.74, 6) is -0.465. The van der Waals surface area contributed by atoms with Crippen molar-refractivity contribution in [3.8, 4) is 6.07 Å². The zero-order valence-corrected chi connectivity index (χ0v) is 12.2. The highest BCUT2D eigenvalue weighted by atomic mass is 16.6. The largest absolute Gasteiger partial charge is 0.459 e. The maximum atomic E-state index is 11.8. The first-order chi connectivity index (χ1) is 9.15. The number of esters is 1. The molecule has 1 unspecified atom stereocenters. The van der Waals surface area contributed by atoms with Crippen LogP contribution >= 0.6 is 0 Å². The Hall–Kier alpha value is -2.07. The second kappa shape index (κ2) is 5.92. The molecule has 0 saturated heterocycles. The molecule has 1 aromatic rings. The molecule has 0 radical (unpaired) electrons. The highest BCUT2D eigenvalue weighted by Gasteiger charge is 2.26. The highest BCUT2D eigenvalue weighted by Crippen LogP contribution is 2.25. The molecule has 2 atom stereocenters. The number of aromatic amines is 1. The molecular formula is C13H21N5O2. The van der Waals surface area contributed by atoms with Crippen LogP contribution < -0.4 is 11.5 Å². The van der Waals surface area contributed by atoms with Gasteiger partial charge in [-0.15, -0.1) is 0 Å². The molecule has 7 nitrogen and oxygen atoms in total. The Bertz CT molecular complexity index is 524. The van der Waals surface area contributed by atoms with Crippen molar-refractivity contribution in [2.24, 2.45) is 5.73 Å². The average Bonchev–Trinajstić information content (AvgIpc) is 2.67. The molecule has 110 valence electrons. The Labute approximate surface area is 118 Å². The van der Waals surface area contributed by atoms with E-state index in [0.29, 0.717) is 17.7 Å². The van der Waals surface area contributed by atoms with Gasteiger partial charge in [0.2, 0.25) is 0 Å². The maximum Gasteiger partial charge on any atom is 0.323 e. The van der Waals surface area contributed by atoms with E-state index in [4.69, 9.17) is 21.5 Å². The molecule has 20 heavy (non-hydrogen) atoms. The Balaban J connectivity index is 2.73. The van der Waals surface area contributed by atoms with E-state index in [1.807, 2.05) is 13.0 Å². The van der Waals surface area contributed by atoms with E-state index in [0.717, 1.165) is 0 Å². The van der Waals surface area contributed by atoms with Crippen molar-refractivity contribution >= 4 is 11.8 Å². The number of nitriles is 1. The third kappa shape index (κ3) is 3.96. The SMILES string of the molecule is CC(C[C@H](N)C(=O)OC(C)(C)C)c1[nH]nc(N)c1C#N. The fraction of sp³-hybridized carbons (Fsp3) is 0.615. The summed E-state index contributed by atoms with van der Waals surface area (Å²) in [6.45, 7) is 7.19. The molecular weight excluding hydrogens is 258 g/mol. The van der Waals surface area contributed by atoms with Gasteiger partial charge >= 0.3 is 5.97 Å². The molecule has 1 rings (SSSR count). The Kier molecular flexibility index (Phi) is 4.73. The fourth-order valence-electron chi connectivity index (χ4n) is 1.82. The van der Waals surface area contributed by atoms with Crippen LogP contribution in [-0.4, -0.2) is 27.8 Å². The van der Waals surface area contributed by atoms with Crippen molar-refractivity contribution in [1.29, 1.82) is 5.26 Å². The van der Waals surface area contributed by atoms with Gasteiger partial charge in [-0.2, -0.15) is 10.4 Å². The highest BCUT2D eigenvalue weighted by molar-refractivity contribution is 5.76. The van der Waals surface area contributed by atoms with Crippen molar-refractivity contribution in [1.82, 2.24) is 10.2 Å². The van der Waals surface area contributed by atoms with Crippen molar-refractivity contribution < 1.29 is 9.53 Å². The Morgan fingerprint density at radius 1 is 1.55 bits per heavy atom. The van der Waals surface area contributed by atoms with Crippen molar-refractivity contribution in [2.45, 2.75) is 51.7 Å². The van der Waals surface area contributed by atoms with Gasteiger partial charge in [-0.1, -0.05) is 6.92 Å². The molecule has 0 saturated carbocycles. The lowest BCUT2D eigenvalue weighted by atomic mass is 9.96. The van der Waals surface area contributed by atoms with E-state index in [9.17, 15) is 4.79 Å². The van der Waals surface area contributed by atoms with Crippen LogP contribution in [0.25, 0.3) is 0 Å². The van der Waals surface area contributed by atoms with Crippen LogP contribution in [-0.2, 0) is 9.53 Å². The van der Waals surface area contributed by atoms with E-state index in [2.05, 4.69) is 10.2 Å². The van der Waals surface area contributed by atoms with Gasteiger partial charge in [-0.3, -0.25) is 9.89 Å². The van der Waals surface area contributed by atoms with E-state index in [-0.39, 0.29) is 11.7 Å². The number of rotatable bonds is 4. The molecule has 0 aliphatic heterocycles. The van der Waals surface area contributed by atoms with Gasteiger partial charge in [0.25, 0.3) is 0 Å². The second-order valence-corrected chi connectivity index (χ2v) is 5.79. The first kappa shape index (κ1) is 16.0. The van der Waals surface area contributed by atoms with Crippen LogP contribution in [0, 0.1) is 11.3 Å². The molecule has 5 N–H and O–H groups in total. The Morgan fingerprint density at radius 3 is 2.65 bits per heavy atom. The first-order valence-corrected chi connectivity index (χ1v) is 6.38. The number of nitrogens with one attached hydrogen (secondary N) is 1. The van der Waals surface area contributed by atoms with Gasteiger partial charge in [0.1, 0.15) is 23.3 Å². The van der Waals surface area contributed by atoms with Crippen LogP contribution in [0.5, 0.6) is 0 Å². The summed E-state index contributed by atoms with van der Waals surface area (Å²) in [6.07, 6.45) is 0.339. The average molecular weight is 279 g/mol. The number of hydrogen-bond donors (Lipinski definition) is 3. The number of anilines is 1. The minimum absolute atomic E-state index is 0.153. The van der Waals surface area contributed by atoms with Crippen LogP contribution in [0.15, 0.2) is 0 Å². The molecule has 0 amide bonds. The third-order valence-electron chi connectivity index (χ3n) is 2.74. The fourth-order valence-corrected chi connectivity index (χ4v) is 1.82. The number of nitrogens with two attached hydrogens (primary N) is 2. The normalized spacial score (nSPS) is 14.4. The maximum absolute atomic E-state index is 11.8. The minimum Gasteiger partial charge on any atom is -0.459 e. The molecule has 0 aromatic carbocycles. The summed E-state index contributed by atoms with van der Waals surface area (Å²) < 4.78 is 5.22. The molecule has 1 aromatic heterocycles. The van der Waals surface area contributed by atoms with Crippen molar-refractivity contribution in [2.75, 3.05) is 5.73 Å². The van der Waals surface area contributed by atoms with E-state index in [1.54, 1.807) is 20.8 Å². The number of nitrogen functional groups attached to an aromatic ring is 1. The van der Waals surface area contributed by atoms with Gasteiger partial charge in [0.15, 0.2) is 5.82 Å². The number of hydrogen-bond acceptors (Lipinski definition) is 6. The molecule has 0 aliphatic carbocycles. The molecule has 0 fully saturated rings. The number of H-pyrrole nitrogens is 1. The first-order valence-electron chi connectivity index (χ1n) is 6.38. The van der Waals surface area contributed by atoms with E-state index >= 15 is 0 Å². The minimum atomic E-state index is -0.764. The number of ether oxygens (including phenoxy) is 1. The van der Waals surface area contributed by atoms with Gasteiger partial charge in [0, 0.05) is 5.92 Å². The van der Waals surface area contributed by atoms with Gasteiger partial charge in [0.05, 0.1) is 5.69 Å². The van der Waals surface area contributed by atoms with Gasteiger partial charge in [-0.05, 0) is 27.2 Å². The lowest BCUT2D eigenvalue weighted by Gasteiger charge is -2.23. The molecule has 1 heterocycles. The lowest BCUT2D eigenvalue weighted by Crippen LogP contribution is -2.38. The topological polar surface area (TPSA) is 131 Å². The quantitative estimate of drug-likeness (QED) is 0.705. The van der Waals surface area contributed by atoms with Crippen molar-refractivity contribution in [3.63, 3.8) is 0 Å². The van der Waals surface area contributed by atoms with Crippen LogP contribution in [0.4, 0.5) is 5.82 Å². The van der Waals surface area contributed by atoms with Crippen LogP contribution in [0.2, 0.25) is 0 Å². The zero-order valence-electron chi connectivity index (χ0n) is 12.2. The predicted octanol–water partition coefficient (Wildman–Crippen LogP) is 1.03. The van der Waals surface area contributed by atoms with E-state index in [1.165, 1.54) is 0 Å². The van der Waals surface area contributed by atoms with Gasteiger partial charge < -0.3 is 16.2 Å². The Morgan fingerprint density at radius 2 is 2.15 bits per heavy atom. The summed E-state index contributed by atoms with van der Waals surface area (Å²) in [7, 11) is 0. The third-order valence-corrected chi connectivity index (χ3v) is 2.74. The van der Waals surface area contributed by atoms with E-state index < -0.39 is 17.6 Å². The monoisotopic (exact) mass is 279 g/mol. The summed E-state index contributed by atoms with van der Waals surface area (Å²) in [5.41, 5.74) is 11.7. The lowest BCUT2D eigenvalue weighted by molar-refractivity contribution is -0.156. The molecule has 0 spiro atoms. The zero-order chi connectivity index (χ0) is 15.5. The second-order valence-electron chi connectivity index (χ2n) is 5.79. The molecule has 0 aliphatic rings. The van der Waals surface area contributed by atoms with Crippen molar-refractivity contribution in [3.05, 3.63) is 11.3 Å². The predicted molar refractivity (Wildman–Crippen MR) is 74.6 cm³/mol. The number of carbonyl (C=O) groups is 1. The summed E-state index contributed by atoms with van der Waals surface area (Å²) >= 11 is 0. The smallest absolute Gasteiger partial charge is 0.323 e. The van der Waals surface area contributed by atoms with Crippen LogP contribution in [0.3, 0.4) is 0 Å². The number of carbonyl (C=O) groups excluding carboxylic acids is 1. The summed E-state index contributed by atoms with van der Waals surface area (Å²) in [5, 5.41) is 15.5. The molecule has 7 heteroatoms. The number of aromatic nitrogens is 2. The van der Waals surface area contributed by atoms with Gasteiger partial charge in [-0.25, -0.2) is 0 Å². The summed E-state index contributed by atoms with van der Waals surface area (Å²) in [6, 6.07) is 1.23. The molecule has 0 bridgehead atoms. The standard InChI is InChI=1S/C13H21N5O2/c1-7(10-8(6-14)11(16)18-17-10)5-9(15)12(19)20-13(2,3)4/h7,9H,5,15H2,1-4H3,(H3,16,17,18)/t7?,9-/m0/s1. The number of nitrogens with zero attached hydrogens (tertiary/aromatic N) is 2.